The molecule has 4 rings (SSSR count). The number of pyridine rings is 1. The van der Waals surface area contributed by atoms with E-state index in [0.717, 1.165) is 35.7 Å². The van der Waals surface area contributed by atoms with E-state index in [9.17, 15) is 18.4 Å². The van der Waals surface area contributed by atoms with Crippen LogP contribution in [0.2, 0.25) is 0 Å². The number of carbonyl (C=O) groups excluding carboxylic acids is 1. The van der Waals surface area contributed by atoms with Gasteiger partial charge in [0.1, 0.15) is 5.75 Å². The fourth-order valence-corrected chi connectivity index (χ4v) is 7.12. The highest BCUT2D eigenvalue weighted by atomic mass is 32.2. The van der Waals surface area contributed by atoms with Crippen LogP contribution in [-0.4, -0.2) is 79.4 Å². The van der Waals surface area contributed by atoms with Gasteiger partial charge in [0.05, 0.1) is 18.5 Å². The van der Waals surface area contributed by atoms with Gasteiger partial charge < -0.3 is 14.5 Å². The number of sulfonamides is 1. The molecule has 2 saturated heterocycles. The quantitative estimate of drug-likeness (QED) is 0.288. The SMILES string of the molecule is CCCCOc1ccc(N2CCN(S(=O)(=O)C3(C(=O)NO)CCN(c4ccc(C)nc4)CC3)CC2)cc1. The second-order valence-electron chi connectivity index (χ2n) is 9.67. The molecule has 2 aliphatic heterocycles. The number of hydrogen-bond donors (Lipinski definition) is 2. The summed E-state index contributed by atoms with van der Waals surface area (Å²) in [6.07, 6.45) is 4.00. The Morgan fingerprint density at radius 3 is 2.19 bits per heavy atom. The van der Waals surface area contributed by atoms with Gasteiger partial charge in [0.25, 0.3) is 5.91 Å². The number of aryl methyl sites for hydroxylation is 1. The molecule has 0 saturated carbocycles. The lowest BCUT2D eigenvalue weighted by molar-refractivity contribution is -0.132. The van der Waals surface area contributed by atoms with Crippen LogP contribution < -0.4 is 20.0 Å². The Kier molecular flexibility index (Phi) is 8.56. The van der Waals surface area contributed by atoms with Crippen molar-refractivity contribution in [2.45, 2.75) is 44.3 Å². The van der Waals surface area contributed by atoms with Crippen LogP contribution in [0.4, 0.5) is 11.4 Å². The van der Waals surface area contributed by atoms with Gasteiger partial charge in [-0.1, -0.05) is 13.3 Å². The third kappa shape index (κ3) is 5.68. The maximum atomic E-state index is 13.9. The van der Waals surface area contributed by atoms with E-state index in [4.69, 9.17) is 4.74 Å². The van der Waals surface area contributed by atoms with Gasteiger partial charge >= 0.3 is 0 Å². The summed E-state index contributed by atoms with van der Waals surface area (Å²) in [5.74, 6) is -0.0431. The molecule has 0 bridgehead atoms. The van der Waals surface area contributed by atoms with Crippen LogP contribution in [0, 0.1) is 6.92 Å². The second-order valence-corrected chi connectivity index (χ2v) is 11.9. The summed E-state index contributed by atoms with van der Waals surface area (Å²) in [5.41, 5.74) is 4.43. The van der Waals surface area contributed by atoms with Crippen LogP contribution >= 0.6 is 0 Å². The van der Waals surface area contributed by atoms with Crippen LogP contribution in [0.25, 0.3) is 0 Å². The number of amides is 1. The topological polar surface area (TPSA) is 115 Å². The van der Waals surface area contributed by atoms with Crippen molar-refractivity contribution in [1.29, 1.82) is 0 Å². The molecule has 1 amide bonds. The van der Waals surface area contributed by atoms with E-state index in [2.05, 4.69) is 16.8 Å². The first-order valence-corrected chi connectivity index (χ1v) is 14.3. The molecule has 2 N–H and O–H groups in total. The average Bonchev–Trinajstić information content (AvgIpc) is 2.93. The summed E-state index contributed by atoms with van der Waals surface area (Å²) in [7, 11) is -4.02. The minimum absolute atomic E-state index is 0.0787. The molecule has 10 nitrogen and oxygen atoms in total. The number of piperazine rings is 1. The Bertz CT molecular complexity index is 1140. The number of nitrogens with one attached hydrogen (secondary N) is 1. The molecule has 0 aliphatic carbocycles. The third-order valence-corrected chi connectivity index (χ3v) is 10.0. The lowest BCUT2D eigenvalue weighted by Gasteiger charge is -2.44. The van der Waals surface area contributed by atoms with Crippen molar-refractivity contribution in [2.24, 2.45) is 0 Å². The van der Waals surface area contributed by atoms with E-state index < -0.39 is 20.7 Å². The molecule has 0 spiro atoms. The number of hydrogen-bond acceptors (Lipinski definition) is 8. The number of aromatic nitrogens is 1. The highest BCUT2D eigenvalue weighted by molar-refractivity contribution is 7.91. The first-order chi connectivity index (χ1) is 17.8. The number of benzene rings is 1. The molecule has 1 aromatic carbocycles. The summed E-state index contributed by atoms with van der Waals surface area (Å²) in [5, 5.41) is 9.48. The Hall–Kier alpha value is -2.89. The largest absolute Gasteiger partial charge is 0.494 e. The molecule has 202 valence electrons. The zero-order valence-corrected chi connectivity index (χ0v) is 22.4. The molecule has 2 fully saturated rings. The molecule has 0 radical (unpaired) electrons. The summed E-state index contributed by atoms with van der Waals surface area (Å²) in [4.78, 5) is 21.3. The molecular weight excluding hydrogens is 494 g/mol. The lowest BCUT2D eigenvalue weighted by Crippen LogP contribution is -2.63. The number of piperidine rings is 1. The monoisotopic (exact) mass is 531 g/mol. The van der Waals surface area contributed by atoms with Gasteiger partial charge in [-0.25, -0.2) is 13.9 Å². The maximum absolute atomic E-state index is 13.9. The lowest BCUT2D eigenvalue weighted by atomic mass is 9.94. The normalized spacial score (nSPS) is 18.5. The molecule has 0 atom stereocenters. The van der Waals surface area contributed by atoms with Gasteiger partial charge in [-0.15, -0.1) is 0 Å². The molecule has 1 aromatic heterocycles. The average molecular weight is 532 g/mol. The second kappa shape index (κ2) is 11.7. The number of anilines is 2. The Balaban J connectivity index is 1.42. The van der Waals surface area contributed by atoms with Crippen LogP contribution in [0.3, 0.4) is 0 Å². The van der Waals surface area contributed by atoms with Crippen LogP contribution in [-0.2, 0) is 14.8 Å². The molecular formula is C26H37N5O5S. The molecule has 11 heteroatoms. The predicted molar refractivity (Wildman–Crippen MR) is 143 cm³/mol. The van der Waals surface area contributed by atoms with Crippen molar-refractivity contribution in [3.8, 4) is 5.75 Å². The summed E-state index contributed by atoms with van der Waals surface area (Å²) >= 11 is 0. The van der Waals surface area contributed by atoms with Crippen LogP contribution in [0.15, 0.2) is 42.6 Å². The Labute approximate surface area is 219 Å². The highest BCUT2D eigenvalue weighted by Crippen LogP contribution is 2.36. The van der Waals surface area contributed by atoms with E-state index in [1.165, 1.54) is 4.31 Å². The predicted octanol–water partition coefficient (Wildman–Crippen LogP) is 2.57. The molecule has 37 heavy (non-hydrogen) atoms. The number of hydroxylamine groups is 1. The van der Waals surface area contributed by atoms with E-state index in [-0.39, 0.29) is 25.9 Å². The zero-order chi connectivity index (χ0) is 26.5. The van der Waals surface area contributed by atoms with Crippen LogP contribution in [0.1, 0.15) is 38.3 Å². The summed E-state index contributed by atoms with van der Waals surface area (Å²) in [6, 6.07) is 11.7. The molecule has 2 aliphatic rings. The number of nitrogens with zero attached hydrogens (tertiary/aromatic N) is 4. The van der Waals surface area contributed by atoms with Gasteiger partial charge in [-0.3, -0.25) is 15.0 Å². The van der Waals surface area contributed by atoms with Crippen molar-refractivity contribution >= 4 is 27.3 Å². The fourth-order valence-electron chi connectivity index (χ4n) is 5.00. The number of unbranched alkanes of at least 4 members (excludes halogenated alkanes) is 1. The van der Waals surface area contributed by atoms with Gasteiger partial charge in [0.2, 0.25) is 10.0 Å². The first-order valence-electron chi connectivity index (χ1n) is 12.9. The van der Waals surface area contributed by atoms with Crippen molar-refractivity contribution < 1.29 is 23.2 Å². The first kappa shape index (κ1) is 27.2. The van der Waals surface area contributed by atoms with Crippen molar-refractivity contribution in [3.63, 3.8) is 0 Å². The van der Waals surface area contributed by atoms with E-state index in [1.54, 1.807) is 11.7 Å². The van der Waals surface area contributed by atoms with E-state index in [1.807, 2.05) is 48.2 Å². The smallest absolute Gasteiger partial charge is 0.266 e. The Morgan fingerprint density at radius 1 is 1.00 bits per heavy atom. The van der Waals surface area contributed by atoms with Crippen LogP contribution in [0.5, 0.6) is 5.75 Å². The minimum atomic E-state index is -4.02. The third-order valence-electron chi connectivity index (χ3n) is 7.39. The fraction of sp³-hybridized carbons (Fsp3) is 0.538. The molecule has 2 aromatic rings. The van der Waals surface area contributed by atoms with Crippen molar-refractivity contribution in [2.75, 3.05) is 55.7 Å². The minimum Gasteiger partial charge on any atom is -0.494 e. The van der Waals surface area contributed by atoms with E-state index in [0.29, 0.717) is 32.8 Å². The number of rotatable bonds is 9. The van der Waals surface area contributed by atoms with Crippen molar-refractivity contribution in [1.82, 2.24) is 14.8 Å². The Morgan fingerprint density at radius 2 is 1.62 bits per heavy atom. The standard InChI is InChI=1S/C26H37N5O5S/c1-3-4-19-36-24-9-7-22(8-10-24)30-15-17-31(18-16-30)37(34,35)26(25(32)28-33)11-13-29(14-12-26)23-6-5-21(2)27-20-23/h5-10,20,33H,3-4,11-19H2,1-2H3,(H,28,32). The van der Waals surface area contributed by atoms with Gasteiger partial charge in [-0.2, -0.15) is 4.31 Å². The van der Waals surface area contributed by atoms with Crippen molar-refractivity contribution in [3.05, 3.63) is 48.3 Å². The molecule has 0 unspecified atom stereocenters. The summed E-state index contributed by atoms with van der Waals surface area (Å²) in [6.45, 7) is 6.99. The van der Waals surface area contributed by atoms with Gasteiger partial charge in [-0.05, 0) is 62.6 Å². The number of carbonyl (C=O) groups is 1. The van der Waals surface area contributed by atoms with Gasteiger partial charge in [0.15, 0.2) is 4.75 Å². The highest BCUT2D eigenvalue weighted by Gasteiger charge is 2.55. The summed E-state index contributed by atoms with van der Waals surface area (Å²) < 4.78 is 33.1. The maximum Gasteiger partial charge on any atom is 0.266 e. The van der Waals surface area contributed by atoms with E-state index >= 15 is 0 Å². The van der Waals surface area contributed by atoms with Gasteiger partial charge in [0, 0.05) is 50.6 Å². The zero-order valence-electron chi connectivity index (χ0n) is 21.6. The number of ether oxygens (including phenoxy) is 1. The molecule has 3 heterocycles.